The molecule has 1 atom stereocenters. The van der Waals surface area contributed by atoms with Crippen LogP contribution in [0.25, 0.3) is 85.9 Å². The Morgan fingerprint density at radius 2 is 1.03 bits per heavy atom. The molecule has 0 saturated carbocycles. The molecule has 0 amide bonds. The number of nitrogens with zero attached hydrogens (tertiary/aromatic N) is 2. The second-order valence-electron chi connectivity index (χ2n) is 14.9. The van der Waals surface area contributed by atoms with Gasteiger partial charge >= 0.3 is 0 Å². The topological polar surface area (TPSA) is 49.9 Å². The molecule has 5 heteroatoms. The highest BCUT2D eigenvalue weighted by Gasteiger charge is 2.25. The highest BCUT2D eigenvalue weighted by Crippen LogP contribution is 2.42. The Bertz CT molecular complexity index is 3490. The average molecular weight is 760 g/mol. The molecule has 0 saturated heterocycles. The number of fused-ring (bicyclic) bond motifs is 8. The number of aliphatic imine (C=N–C) groups is 2. The minimum atomic E-state index is -0.369. The summed E-state index contributed by atoms with van der Waals surface area (Å²) in [6.45, 7) is 0. The lowest BCUT2D eigenvalue weighted by Crippen LogP contribution is -2.33. The zero-order valence-electron chi connectivity index (χ0n) is 31.2. The lowest BCUT2D eigenvalue weighted by atomic mass is 9.92. The van der Waals surface area contributed by atoms with Gasteiger partial charge in [-0.1, -0.05) is 164 Å². The van der Waals surface area contributed by atoms with Crippen LogP contribution in [0.5, 0.6) is 0 Å². The monoisotopic (exact) mass is 759 g/mol. The molecule has 4 nitrogen and oxygen atoms in total. The summed E-state index contributed by atoms with van der Waals surface area (Å²) in [4.78, 5) is 10.8. The summed E-state index contributed by atoms with van der Waals surface area (Å²) >= 11 is 1.82. The van der Waals surface area contributed by atoms with E-state index in [9.17, 15) is 0 Å². The van der Waals surface area contributed by atoms with Crippen molar-refractivity contribution in [3.63, 3.8) is 0 Å². The molecule has 1 unspecified atom stereocenters. The molecule has 1 N–H and O–H groups in total. The third kappa shape index (κ3) is 5.21. The van der Waals surface area contributed by atoms with Crippen LogP contribution in [-0.2, 0) is 0 Å². The van der Waals surface area contributed by atoms with Crippen LogP contribution in [0.1, 0.15) is 22.9 Å². The maximum absolute atomic E-state index is 6.31. The Labute approximate surface area is 338 Å². The molecule has 58 heavy (non-hydrogen) atoms. The van der Waals surface area contributed by atoms with Crippen molar-refractivity contribution in [3.05, 3.63) is 205 Å². The van der Waals surface area contributed by atoms with E-state index >= 15 is 0 Å². The van der Waals surface area contributed by atoms with Crippen molar-refractivity contribution in [1.82, 2.24) is 5.32 Å². The van der Waals surface area contributed by atoms with Crippen molar-refractivity contribution < 1.29 is 4.42 Å². The Morgan fingerprint density at radius 1 is 0.431 bits per heavy atom. The lowest BCUT2D eigenvalue weighted by molar-refractivity contribution is 0.669. The lowest BCUT2D eigenvalue weighted by Gasteiger charge is -2.25. The smallest absolute Gasteiger partial charge is 0.160 e. The molecule has 12 rings (SSSR count). The van der Waals surface area contributed by atoms with E-state index in [0.29, 0.717) is 5.84 Å². The molecular formula is C53H33N3OS. The van der Waals surface area contributed by atoms with Crippen LogP contribution in [0.4, 0.5) is 0 Å². The standard InChI is InChI=1S/C53H33N3OS/c1-2-14-35-32(12-1)13-7-17-36(35)33-28-30-34(31-29-33)51-54-52(56-53(55-51)44-23-11-27-48-50(44)43-16-4-6-26-47(43)58-48)41-22-9-18-37-38(19-8-20-39(37)41)40-21-10-25-46-49(40)42-15-3-5-24-45(42)57-46/h1-31,53H,(H,54,55,56). The van der Waals surface area contributed by atoms with Gasteiger partial charge in [0.15, 0.2) is 5.84 Å². The maximum Gasteiger partial charge on any atom is 0.160 e. The van der Waals surface area contributed by atoms with Crippen LogP contribution in [-0.4, -0.2) is 11.7 Å². The first-order valence-corrected chi connectivity index (χ1v) is 20.4. The van der Waals surface area contributed by atoms with Crippen molar-refractivity contribution in [3.8, 4) is 22.3 Å². The zero-order valence-corrected chi connectivity index (χ0v) is 32.0. The number of hydrogen-bond donors (Lipinski definition) is 1. The van der Waals surface area contributed by atoms with Crippen LogP contribution < -0.4 is 5.32 Å². The largest absolute Gasteiger partial charge is 0.456 e. The van der Waals surface area contributed by atoms with Crippen LogP contribution in [0.15, 0.2) is 202 Å². The summed E-state index contributed by atoms with van der Waals surface area (Å²) in [7, 11) is 0. The van der Waals surface area contributed by atoms with Crippen molar-refractivity contribution in [2.75, 3.05) is 0 Å². The Morgan fingerprint density at radius 3 is 1.93 bits per heavy atom. The molecule has 272 valence electrons. The predicted octanol–water partition coefficient (Wildman–Crippen LogP) is 14.1. The van der Waals surface area contributed by atoms with E-state index in [1.807, 2.05) is 23.5 Å². The second kappa shape index (κ2) is 13.1. The van der Waals surface area contributed by atoms with E-state index in [-0.39, 0.29) is 6.17 Å². The third-order valence-electron chi connectivity index (χ3n) is 11.6. The number of nitrogens with one attached hydrogen (secondary N) is 1. The Balaban J connectivity index is 1.04. The first-order chi connectivity index (χ1) is 28.7. The number of benzene rings is 9. The van der Waals surface area contributed by atoms with Crippen LogP contribution in [0.2, 0.25) is 0 Å². The number of furan rings is 1. The van der Waals surface area contributed by atoms with Gasteiger partial charge in [-0.05, 0) is 68.1 Å². The Kier molecular flexibility index (Phi) is 7.43. The van der Waals surface area contributed by atoms with Crippen LogP contribution >= 0.6 is 11.3 Å². The average Bonchev–Trinajstić information content (AvgIpc) is 3.87. The first-order valence-electron chi connectivity index (χ1n) is 19.6. The van der Waals surface area contributed by atoms with Gasteiger partial charge in [0.05, 0.1) is 0 Å². The number of amidine groups is 2. The molecule has 0 radical (unpaired) electrons. The third-order valence-corrected chi connectivity index (χ3v) is 12.7. The van der Waals surface area contributed by atoms with Crippen molar-refractivity contribution >= 4 is 86.7 Å². The quantitative estimate of drug-likeness (QED) is 0.190. The maximum atomic E-state index is 6.31. The molecule has 9 aromatic carbocycles. The van der Waals surface area contributed by atoms with Gasteiger partial charge in [0.1, 0.15) is 23.2 Å². The molecule has 0 aliphatic carbocycles. The Hall–Kier alpha value is -7.34. The minimum absolute atomic E-state index is 0.369. The van der Waals surface area contributed by atoms with Gasteiger partial charge in [0, 0.05) is 47.6 Å². The SMILES string of the molecule is c1ccc2c(-c3ccc(C4=NC(c5cccc6c(-c7cccc8oc9ccccc9c78)cccc56)=NC(c5cccc6sc7ccccc7c56)N4)cc3)cccc2c1. The molecule has 0 bridgehead atoms. The number of hydrogen-bond acceptors (Lipinski definition) is 5. The van der Waals surface area contributed by atoms with Crippen molar-refractivity contribution in [2.45, 2.75) is 6.17 Å². The zero-order chi connectivity index (χ0) is 38.2. The fourth-order valence-corrected chi connectivity index (χ4v) is 10.1. The van der Waals surface area contributed by atoms with E-state index < -0.39 is 0 Å². The van der Waals surface area contributed by atoms with Gasteiger partial charge in [-0.15, -0.1) is 11.3 Å². The molecule has 3 heterocycles. The van der Waals surface area contributed by atoms with E-state index in [1.165, 1.54) is 42.1 Å². The summed E-state index contributed by atoms with van der Waals surface area (Å²) in [5.41, 5.74) is 9.56. The van der Waals surface area contributed by atoms with E-state index in [1.54, 1.807) is 0 Å². The fraction of sp³-hybridized carbons (Fsp3) is 0.0189. The molecule has 2 aromatic heterocycles. The second-order valence-corrected chi connectivity index (χ2v) is 15.9. The summed E-state index contributed by atoms with van der Waals surface area (Å²) in [5, 5.41) is 13.2. The number of thiophene rings is 1. The van der Waals surface area contributed by atoms with E-state index in [4.69, 9.17) is 14.4 Å². The van der Waals surface area contributed by atoms with Crippen LogP contribution in [0, 0.1) is 0 Å². The minimum Gasteiger partial charge on any atom is -0.456 e. The van der Waals surface area contributed by atoms with Gasteiger partial charge in [-0.25, -0.2) is 9.98 Å². The summed E-state index contributed by atoms with van der Waals surface area (Å²) in [6, 6.07) is 66.8. The molecule has 11 aromatic rings. The van der Waals surface area contributed by atoms with E-state index in [0.717, 1.165) is 66.4 Å². The van der Waals surface area contributed by atoms with Gasteiger partial charge in [0.25, 0.3) is 0 Å². The molecule has 0 spiro atoms. The number of para-hydroxylation sites is 1. The molecule has 1 aliphatic heterocycles. The van der Waals surface area contributed by atoms with Crippen molar-refractivity contribution in [1.29, 1.82) is 0 Å². The predicted molar refractivity (Wildman–Crippen MR) is 244 cm³/mol. The van der Waals surface area contributed by atoms with Gasteiger partial charge in [-0.3, -0.25) is 0 Å². The summed E-state index contributed by atoms with van der Waals surface area (Å²) < 4.78 is 8.83. The van der Waals surface area contributed by atoms with Gasteiger partial charge in [0.2, 0.25) is 0 Å². The molecule has 1 aliphatic rings. The highest BCUT2D eigenvalue weighted by molar-refractivity contribution is 7.25. The van der Waals surface area contributed by atoms with Crippen molar-refractivity contribution in [2.24, 2.45) is 9.98 Å². The fourth-order valence-electron chi connectivity index (χ4n) is 8.93. The van der Waals surface area contributed by atoms with Gasteiger partial charge in [-0.2, -0.15) is 0 Å². The van der Waals surface area contributed by atoms with Crippen LogP contribution in [0.3, 0.4) is 0 Å². The summed E-state index contributed by atoms with van der Waals surface area (Å²) in [6.07, 6.45) is -0.369. The number of rotatable bonds is 5. The normalized spacial score (nSPS) is 14.4. The van der Waals surface area contributed by atoms with E-state index in [2.05, 4.69) is 181 Å². The van der Waals surface area contributed by atoms with Gasteiger partial charge < -0.3 is 9.73 Å². The molecular weight excluding hydrogens is 727 g/mol. The highest BCUT2D eigenvalue weighted by atomic mass is 32.1. The molecule has 0 fully saturated rings. The first kappa shape index (κ1) is 32.9. The summed E-state index contributed by atoms with van der Waals surface area (Å²) in [5.74, 6) is 1.49.